The number of hydrogen-bond donors (Lipinski definition) is 1. The summed E-state index contributed by atoms with van der Waals surface area (Å²) in [6.07, 6.45) is 3.62. The van der Waals surface area contributed by atoms with Crippen molar-refractivity contribution >= 4 is 23.8 Å². The van der Waals surface area contributed by atoms with Gasteiger partial charge in [0.25, 0.3) is 5.89 Å². The molecule has 0 spiro atoms. The molecular weight excluding hydrogens is 332 g/mol. The van der Waals surface area contributed by atoms with E-state index in [4.69, 9.17) is 25.6 Å². The van der Waals surface area contributed by atoms with Crippen molar-refractivity contribution in [3.8, 4) is 11.5 Å². The SMILES string of the molecule is CN1CCNCC1c1noc(/C=C/c2cc(Cl)c3c(c2)OCO3)n1. The van der Waals surface area contributed by atoms with Crippen molar-refractivity contribution in [3.05, 3.63) is 34.4 Å². The molecule has 24 heavy (non-hydrogen) atoms. The molecule has 2 aliphatic heterocycles. The number of rotatable bonds is 3. The molecule has 0 amide bonds. The molecule has 0 saturated carbocycles. The third kappa shape index (κ3) is 2.98. The normalized spacial score (nSPS) is 20.8. The third-order valence-corrected chi connectivity index (χ3v) is 4.42. The van der Waals surface area contributed by atoms with Crippen LogP contribution in [0.25, 0.3) is 12.2 Å². The summed E-state index contributed by atoms with van der Waals surface area (Å²) in [5.41, 5.74) is 0.875. The average Bonchev–Trinajstić information content (AvgIpc) is 3.22. The van der Waals surface area contributed by atoms with E-state index in [2.05, 4.69) is 27.4 Å². The minimum atomic E-state index is 0.129. The van der Waals surface area contributed by atoms with Crippen LogP contribution in [0.1, 0.15) is 23.3 Å². The minimum Gasteiger partial charge on any atom is -0.454 e. The van der Waals surface area contributed by atoms with Crippen molar-refractivity contribution in [1.82, 2.24) is 20.4 Å². The predicted molar refractivity (Wildman–Crippen MR) is 89.0 cm³/mol. The predicted octanol–water partition coefficient (Wildman–Crippen LogP) is 2.20. The number of fused-ring (bicyclic) bond motifs is 1. The summed E-state index contributed by atoms with van der Waals surface area (Å²) in [7, 11) is 2.06. The van der Waals surface area contributed by atoms with Gasteiger partial charge < -0.3 is 19.3 Å². The number of ether oxygens (including phenoxy) is 2. The van der Waals surface area contributed by atoms with Crippen LogP contribution < -0.4 is 14.8 Å². The highest BCUT2D eigenvalue weighted by molar-refractivity contribution is 6.32. The minimum absolute atomic E-state index is 0.129. The maximum atomic E-state index is 6.18. The van der Waals surface area contributed by atoms with Gasteiger partial charge in [0.1, 0.15) is 0 Å². The zero-order valence-electron chi connectivity index (χ0n) is 13.2. The molecule has 1 unspecified atom stereocenters. The van der Waals surface area contributed by atoms with Crippen LogP contribution in [0.5, 0.6) is 11.5 Å². The Kier molecular flexibility index (Phi) is 4.13. The number of halogens is 1. The van der Waals surface area contributed by atoms with E-state index in [1.807, 2.05) is 18.2 Å². The lowest BCUT2D eigenvalue weighted by Gasteiger charge is -2.30. The third-order valence-electron chi connectivity index (χ3n) is 4.13. The Morgan fingerprint density at radius 1 is 1.33 bits per heavy atom. The van der Waals surface area contributed by atoms with E-state index in [0.29, 0.717) is 28.2 Å². The summed E-state index contributed by atoms with van der Waals surface area (Å²) in [5, 5.41) is 7.95. The van der Waals surface area contributed by atoms with E-state index in [0.717, 1.165) is 25.2 Å². The molecule has 1 N–H and O–H groups in total. The molecule has 1 saturated heterocycles. The monoisotopic (exact) mass is 348 g/mol. The van der Waals surface area contributed by atoms with Gasteiger partial charge in [0, 0.05) is 25.7 Å². The van der Waals surface area contributed by atoms with Gasteiger partial charge in [-0.15, -0.1) is 0 Å². The van der Waals surface area contributed by atoms with Gasteiger partial charge in [0.15, 0.2) is 17.3 Å². The van der Waals surface area contributed by atoms with Crippen LogP contribution in [-0.2, 0) is 0 Å². The molecule has 8 heteroatoms. The van der Waals surface area contributed by atoms with Crippen LogP contribution in [0.15, 0.2) is 16.7 Å². The zero-order chi connectivity index (χ0) is 16.5. The number of piperazine rings is 1. The smallest absolute Gasteiger partial charge is 0.250 e. The number of nitrogens with one attached hydrogen (secondary N) is 1. The molecule has 4 rings (SSSR count). The Morgan fingerprint density at radius 3 is 3.12 bits per heavy atom. The van der Waals surface area contributed by atoms with Gasteiger partial charge in [0.05, 0.1) is 11.1 Å². The van der Waals surface area contributed by atoms with Gasteiger partial charge in [-0.05, 0) is 30.8 Å². The molecule has 2 aliphatic rings. The largest absolute Gasteiger partial charge is 0.454 e. The standard InChI is InChI=1S/C16H17ClN4O3/c1-21-5-4-18-8-12(21)16-19-14(24-20-16)3-2-10-6-11(17)15-13(7-10)22-9-23-15/h2-3,6-7,12,18H,4-5,8-9H2,1H3/b3-2+. The van der Waals surface area contributed by atoms with E-state index < -0.39 is 0 Å². The first kappa shape index (κ1) is 15.4. The Balaban J connectivity index is 1.52. The number of aromatic nitrogens is 2. The lowest BCUT2D eigenvalue weighted by atomic mass is 10.2. The Hall–Kier alpha value is -2.09. The quantitative estimate of drug-likeness (QED) is 0.911. The van der Waals surface area contributed by atoms with E-state index in [9.17, 15) is 0 Å². The van der Waals surface area contributed by atoms with Crippen LogP contribution in [0.4, 0.5) is 0 Å². The van der Waals surface area contributed by atoms with E-state index in [-0.39, 0.29) is 12.8 Å². The Labute approximate surface area is 144 Å². The number of nitrogens with zero attached hydrogens (tertiary/aromatic N) is 3. The molecule has 0 bridgehead atoms. The van der Waals surface area contributed by atoms with Gasteiger partial charge >= 0.3 is 0 Å². The van der Waals surface area contributed by atoms with Crippen LogP contribution in [0.3, 0.4) is 0 Å². The van der Waals surface area contributed by atoms with Crippen LogP contribution in [0, 0.1) is 0 Å². The first-order chi connectivity index (χ1) is 11.7. The Bertz CT molecular complexity index is 777. The first-order valence-electron chi connectivity index (χ1n) is 7.72. The fraction of sp³-hybridized carbons (Fsp3) is 0.375. The molecule has 1 aromatic heterocycles. The molecule has 2 aromatic rings. The van der Waals surface area contributed by atoms with Crippen molar-refractivity contribution in [1.29, 1.82) is 0 Å². The second kappa shape index (κ2) is 6.43. The lowest BCUT2D eigenvalue weighted by molar-refractivity contribution is 0.174. The molecule has 0 radical (unpaired) electrons. The van der Waals surface area contributed by atoms with Gasteiger partial charge in [-0.1, -0.05) is 16.8 Å². The highest BCUT2D eigenvalue weighted by atomic mass is 35.5. The highest BCUT2D eigenvalue weighted by Gasteiger charge is 2.24. The van der Waals surface area contributed by atoms with Crippen molar-refractivity contribution in [2.24, 2.45) is 0 Å². The summed E-state index contributed by atoms with van der Waals surface area (Å²) < 4.78 is 16.0. The van der Waals surface area contributed by atoms with Crippen LogP contribution in [-0.4, -0.2) is 48.5 Å². The average molecular weight is 349 g/mol. The number of hydrogen-bond acceptors (Lipinski definition) is 7. The van der Waals surface area contributed by atoms with Gasteiger partial charge in [-0.25, -0.2) is 0 Å². The fourth-order valence-electron chi connectivity index (χ4n) is 2.80. The first-order valence-corrected chi connectivity index (χ1v) is 8.10. The van der Waals surface area contributed by atoms with Gasteiger partial charge in [-0.3, -0.25) is 4.90 Å². The van der Waals surface area contributed by atoms with Gasteiger partial charge in [0.2, 0.25) is 6.79 Å². The molecule has 126 valence electrons. The summed E-state index contributed by atoms with van der Waals surface area (Å²) in [6, 6.07) is 3.80. The molecule has 7 nitrogen and oxygen atoms in total. The second-order valence-corrected chi connectivity index (χ2v) is 6.17. The molecule has 1 fully saturated rings. The highest BCUT2D eigenvalue weighted by Crippen LogP contribution is 2.40. The zero-order valence-corrected chi connectivity index (χ0v) is 13.9. The van der Waals surface area contributed by atoms with E-state index in [1.54, 1.807) is 6.08 Å². The maximum absolute atomic E-state index is 6.18. The van der Waals surface area contributed by atoms with Gasteiger partial charge in [-0.2, -0.15) is 4.98 Å². The van der Waals surface area contributed by atoms with Crippen LogP contribution >= 0.6 is 11.6 Å². The van der Waals surface area contributed by atoms with Crippen molar-refractivity contribution < 1.29 is 14.0 Å². The van der Waals surface area contributed by atoms with Crippen molar-refractivity contribution in [3.63, 3.8) is 0 Å². The Morgan fingerprint density at radius 2 is 2.25 bits per heavy atom. The second-order valence-electron chi connectivity index (χ2n) is 5.76. The molecule has 3 heterocycles. The topological polar surface area (TPSA) is 72.7 Å². The lowest BCUT2D eigenvalue weighted by Crippen LogP contribution is -2.44. The molecule has 0 aliphatic carbocycles. The molecule has 1 aromatic carbocycles. The van der Waals surface area contributed by atoms with Crippen LogP contribution in [0.2, 0.25) is 5.02 Å². The number of likely N-dealkylation sites (N-methyl/N-ethyl adjacent to an activating group) is 1. The summed E-state index contributed by atoms with van der Waals surface area (Å²) >= 11 is 6.18. The summed E-state index contributed by atoms with van der Waals surface area (Å²) in [6.45, 7) is 2.94. The number of benzene rings is 1. The van der Waals surface area contributed by atoms with E-state index >= 15 is 0 Å². The maximum Gasteiger partial charge on any atom is 0.250 e. The summed E-state index contributed by atoms with van der Waals surface area (Å²) in [5.74, 6) is 2.37. The fourth-order valence-corrected chi connectivity index (χ4v) is 3.07. The van der Waals surface area contributed by atoms with E-state index in [1.165, 1.54) is 0 Å². The van der Waals surface area contributed by atoms with Crippen molar-refractivity contribution in [2.45, 2.75) is 6.04 Å². The summed E-state index contributed by atoms with van der Waals surface area (Å²) in [4.78, 5) is 6.67. The molecule has 1 atom stereocenters. The van der Waals surface area contributed by atoms with Crippen molar-refractivity contribution in [2.75, 3.05) is 33.5 Å². The molecular formula is C16H17ClN4O3.